The van der Waals surface area contributed by atoms with E-state index in [1.807, 2.05) is 0 Å². The van der Waals surface area contributed by atoms with Crippen molar-refractivity contribution in [3.8, 4) is 33.4 Å². The highest BCUT2D eigenvalue weighted by molar-refractivity contribution is 7.80. The van der Waals surface area contributed by atoms with Gasteiger partial charge in [-0.3, -0.25) is 0 Å². The molecule has 2 bridgehead atoms. The molecule has 1 aliphatic carbocycles. The fourth-order valence-electron chi connectivity index (χ4n) is 8.35. The number of benzene rings is 6. The first-order chi connectivity index (χ1) is 26.4. The summed E-state index contributed by atoms with van der Waals surface area (Å²) in [5.41, 5.74) is 17.6. The van der Waals surface area contributed by atoms with Gasteiger partial charge in [-0.2, -0.15) is 0 Å². The molecule has 3 heteroatoms. The Morgan fingerprint density at radius 1 is 0.648 bits per heavy atom. The van der Waals surface area contributed by atoms with Gasteiger partial charge in [0.2, 0.25) is 0 Å². The molecular weight excluding hydrogens is 691 g/mol. The number of allylic oxidation sites excluding steroid dienone is 3. The normalized spacial score (nSPS) is 15.2. The highest BCUT2D eigenvalue weighted by Crippen LogP contribution is 2.50. The highest BCUT2D eigenvalue weighted by atomic mass is 32.1. The first kappa shape index (κ1) is 34.4. The van der Waals surface area contributed by atoms with Crippen LogP contribution >= 0.6 is 24.0 Å². The summed E-state index contributed by atoms with van der Waals surface area (Å²) in [5, 5.41) is 2.45. The predicted octanol–water partition coefficient (Wildman–Crippen LogP) is 13.2. The molecule has 1 aliphatic heterocycles. The summed E-state index contributed by atoms with van der Waals surface area (Å²) in [5.74, 6) is 0. The van der Waals surface area contributed by atoms with Crippen molar-refractivity contribution in [3.63, 3.8) is 0 Å². The lowest BCUT2D eigenvalue weighted by Crippen LogP contribution is -2.23. The van der Waals surface area contributed by atoms with Crippen molar-refractivity contribution in [2.75, 3.05) is 11.4 Å². The molecule has 0 atom stereocenters. The second kappa shape index (κ2) is 14.5. The lowest BCUT2D eigenvalue weighted by atomic mass is 9.82. The summed E-state index contributed by atoms with van der Waals surface area (Å²) >= 11 is 6.63. The van der Waals surface area contributed by atoms with Gasteiger partial charge in [-0.15, -0.1) is 24.0 Å². The minimum absolute atomic E-state index is 0.674. The zero-order chi connectivity index (χ0) is 36.8. The van der Waals surface area contributed by atoms with Crippen molar-refractivity contribution in [3.05, 3.63) is 172 Å². The molecule has 0 N–H and O–H groups in total. The molecule has 54 heavy (non-hydrogen) atoms. The first-order valence-electron chi connectivity index (χ1n) is 19.0. The van der Waals surface area contributed by atoms with Crippen LogP contribution in [-0.2, 0) is 0 Å². The van der Waals surface area contributed by atoms with Crippen molar-refractivity contribution in [1.82, 2.24) is 0 Å². The molecule has 2 aliphatic rings. The van der Waals surface area contributed by atoms with Crippen LogP contribution in [0.1, 0.15) is 47.9 Å². The minimum Gasteiger partial charge on any atom is -0.336 e. The zero-order valence-corrected chi connectivity index (χ0v) is 32.6. The van der Waals surface area contributed by atoms with E-state index in [9.17, 15) is 0 Å². The van der Waals surface area contributed by atoms with Crippen LogP contribution in [0.25, 0.3) is 67.3 Å². The molecule has 0 spiro atoms. The number of rotatable bonds is 5. The van der Waals surface area contributed by atoms with Crippen LogP contribution < -0.4 is 14.7 Å². The number of anilines is 2. The zero-order valence-electron chi connectivity index (χ0n) is 30.9. The van der Waals surface area contributed by atoms with Crippen molar-refractivity contribution in [1.29, 1.82) is 0 Å². The van der Waals surface area contributed by atoms with Crippen LogP contribution in [0.4, 0.5) is 11.4 Å². The SMILES string of the molecule is C=c1sc2ccccc2/c1=C/C=C1\CN(c2ccc(S)cc2-c2ccccc2)c2cc(C)cc(c2-c2ccc(C)cc2)-c2cc(C3=CCCCC3)ccc21. The summed E-state index contributed by atoms with van der Waals surface area (Å²) in [4.78, 5) is 3.50. The van der Waals surface area contributed by atoms with Gasteiger partial charge >= 0.3 is 0 Å². The summed E-state index contributed by atoms with van der Waals surface area (Å²) in [6, 6.07) is 47.2. The van der Waals surface area contributed by atoms with E-state index in [0.29, 0.717) is 6.54 Å². The van der Waals surface area contributed by atoms with Crippen molar-refractivity contribution >= 4 is 69.2 Å². The number of thiophene rings is 1. The number of fused-ring (bicyclic) bond motifs is 5. The number of hydrogen-bond donors (Lipinski definition) is 1. The van der Waals surface area contributed by atoms with Crippen molar-refractivity contribution in [2.45, 2.75) is 44.4 Å². The van der Waals surface area contributed by atoms with Gasteiger partial charge in [0.1, 0.15) is 0 Å². The highest BCUT2D eigenvalue weighted by Gasteiger charge is 2.28. The number of hydrogen-bond acceptors (Lipinski definition) is 3. The van der Waals surface area contributed by atoms with Gasteiger partial charge in [-0.25, -0.2) is 0 Å². The number of nitrogens with zero attached hydrogens (tertiary/aromatic N) is 1. The second-order valence-electron chi connectivity index (χ2n) is 14.8. The van der Waals surface area contributed by atoms with Crippen molar-refractivity contribution in [2.24, 2.45) is 0 Å². The Hall–Kier alpha value is -5.35. The monoisotopic (exact) mass is 733 g/mol. The fourth-order valence-corrected chi connectivity index (χ4v) is 9.54. The van der Waals surface area contributed by atoms with Gasteiger partial charge < -0.3 is 4.90 Å². The standard InChI is InChI=1S/C51H43NS2/c1-33-18-20-38(21-19-33)51-47-28-34(2)29-49(51)52(48-27-24-41(53)31-45(48)37-14-8-5-9-15-37)32-40(23-25-42-35(3)54-50-17-11-10-16-44(42)50)43-26-22-39(30-46(43)47)36-12-6-4-7-13-36/h5,8-12,14-31,53H,3-4,6-7,13,32H2,1-2H3/b40-23+,42-25+. The van der Waals surface area contributed by atoms with Gasteiger partial charge in [0.05, 0.1) is 5.69 Å². The lowest BCUT2D eigenvalue weighted by molar-refractivity contribution is 0.742. The average molecular weight is 734 g/mol. The average Bonchev–Trinajstić information content (AvgIpc) is 3.53. The van der Waals surface area contributed by atoms with Gasteiger partial charge in [-0.05, 0) is 131 Å². The number of aryl methyl sites for hydroxylation is 2. The molecular formula is C51H43NS2. The molecule has 9 rings (SSSR count). The van der Waals surface area contributed by atoms with Gasteiger partial charge in [0.15, 0.2) is 0 Å². The summed E-state index contributed by atoms with van der Waals surface area (Å²) in [6.45, 7) is 9.58. The topological polar surface area (TPSA) is 3.24 Å². The summed E-state index contributed by atoms with van der Waals surface area (Å²) < 4.78 is 2.36. The van der Waals surface area contributed by atoms with Crippen LogP contribution in [0.2, 0.25) is 0 Å². The minimum atomic E-state index is 0.674. The predicted molar refractivity (Wildman–Crippen MR) is 238 cm³/mol. The molecule has 0 fully saturated rings. The van der Waals surface area contributed by atoms with Gasteiger partial charge in [-0.1, -0.05) is 121 Å². The first-order valence-corrected chi connectivity index (χ1v) is 20.3. The Morgan fingerprint density at radius 2 is 1.44 bits per heavy atom. The Balaban J connectivity index is 1.38. The molecule has 0 saturated heterocycles. The molecule has 7 aromatic rings. The molecule has 6 aromatic carbocycles. The van der Waals surface area contributed by atoms with Crippen LogP contribution in [0.3, 0.4) is 0 Å². The molecule has 0 unspecified atom stereocenters. The molecule has 1 aromatic heterocycles. The Labute approximate surface area is 328 Å². The largest absolute Gasteiger partial charge is 0.336 e. The van der Waals surface area contributed by atoms with Gasteiger partial charge in [0.25, 0.3) is 0 Å². The third kappa shape index (κ3) is 6.46. The van der Waals surface area contributed by atoms with E-state index in [2.05, 4.69) is 171 Å². The number of thiol groups is 1. The third-order valence-electron chi connectivity index (χ3n) is 11.1. The lowest BCUT2D eigenvalue weighted by Gasteiger charge is -2.35. The summed E-state index contributed by atoms with van der Waals surface area (Å²) in [7, 11) is 0. The Bertz CT molecular complexity index is 2730. The van der Waals surface area contributed by atoms with Gasteiger partial charge in [0, 0.05) is 42.9 Å². The van der Waals surface area contributed by atoms with Crippen LogP contribution in [-0.4, -0.2) is 6.54 Å². The van der Waals surface area contributed by atoms with Crippen LogP contribution in [0.5, 0.6) is 0 Å². The Kier molecular flexibility index (Phi) is 9.22. The van der Waals surface area contributed by atoms with E-state index in [1.165, 1.54) is 95.1 Å². The molecule has 0 radical (unpaired) electrons. The quantitative estimate of drug-likeness (QED) is 0.172. The third-order valence-corrected chi connectivity index (χ3v) is 12.4. The van der Waals surface area contributed by atoms with Crippen LogP contribution in [0.15, 0.2) is 144 Å². The van der Waals surface area contributed by atoms with E-state index in [1.54, 1.807) is 11.3 Å². The molecule has 2 heterocycles. The molecule has 0 amide bonds. The maximum atomic E-state index is 4.86. The molecule has 0 saturated carbocycles. The van der Waals surface area contributed by atoms with E-state index < -0.39 is 0 Å². The maximum absolute atomic E-state index is 4.86. The fraction of sp³-hybridized carbons (Fsp3) is 0.137. The van der Waals surface area contributed by atoms with E-state index in [4.69, 9.17) is 12.6 Å². The van der Waals surface area contributed by atoms with E-state index in [-0.39, 0.29) is 0 Å². The van der Waals surface area contributed by atoms with E-state index >= 15 is 0 Å². The summed E-state index contributed by atoms with van der Waals surface area (Å²) in [6.07, 6.45) is 12.0. The second-order valence-corrected chi connectivity index (χ2v) is 16.4. The maximum Gasteiger partial charge on any atom is 0.0502 e. The smallest absolute Gasteiger partial charge is 0.0502 e. The molecule has 264 valence electrons. The van der Waals surface area contributed by atoms with Crippen LogP contribution in [0, 0.1) is 13.8 Å². The molecule has 1 nitrogen and oxygen atoms in total. The van der Waals surface area contributed by atoms with E-state index in [0.717, 1.165) is 33.5 Å². The van der Waals surface area contributed by atoms with Crippen molar-refractivity contribution < 1.29 is 0 Å². The Morgan fingerprint density at radius 3 is 2.26 bits per heavy atom.